The van der Waals surface area contributed by atoms with Crippen LogP contribution in [-0.2, 0) is 20.9 Å². The number of benzene rings is 1. The highest BCUT2D eigenvalue weighted by molar-refractivity contribution is 5.74. The van der Waals surface area contributed by atoms with E-state index in [4.69, 9.17) is 9.47 Å². The van der Waals surface area contributed by atoms with E-state index in [1.165, 1.54) is 5.56 Å². The lowest BCUT2D eigenvalue weighted by molar-refractivity contribution is -0.145. The number of hydrogen-bond donors (Lipinski definition) is 0. The van der Waals surface area contributed by atoms with Gasteiger partial charge in [0, 0.05) is 6.61 Å². The molecule has 0 saturated heterocycles. The number of hydrogen-bond acceptors (Lipinski definition) is 3. The molecule has 1 aromatic carbocycles. The van der Waals surface area contributed by atoms with E-state index in [1.54, 1.807) is 0 Å². The first kappa shape index (κ1) is 14.1. The number of rotatable bonds is 9. The third-order valence-electron chi connectivity index (χ3n) is 3.20. The fraction of sp³-hybridized carbons (Fsp3) is 0.562. The van der Waals surface area contributed by atoms with Gasteiger partial charge < -0.3 is 9.47 Å². The Bertz CT molecular complexity index is 371. The van der Waals surface area contributed by atoms with E-state index in [9.17, 15) is 4.79 Å². The van der Waals surface area contributed by atoms with Crippen molar-refractivity contribution in [2.75, 3.05) is 13.2 Å². The van der Waals surface area contributed by atoms with Crippen LogP contribution in [0.25, 0.3) is 0 Å². The van der Waals surface area contributed by atoms with E-state index in [0.717, 1.165) is 38.7 Å². The molecule has 0 spiro atoms. The van der Waals surface area contributed by atoms with E-state index in [1.807, 2.05) is 18.2 Å². The zero-order valence-electron chi connectivity index (χ0n) is 11.3. The second-order valence-corrected chi connectivity index (χ2v) is 5.04. The van der Waals surface area contributed by atoms with Crippen molar-refractivity contribution in [3.63, 3.8) is 0 Å². The van der Waals surface area contributed by atoms with E-state index in [2.05, 4.69) is 12.1 Å². The summed E-state index contributed by atoms with van der Waals surface area (Å²) in [5.41, 5.74) is 1.21. The summed E-state index contributed by atoms with van der Waals surface area (Å²) in [5.74, 6) is 0.217. The van der Waals surface area contributed by atoms with Gasteiger partial charge >= 0.3 is 5.97 Å². The number of carbonyl (C=O) groups excluding carboxylic acids is 1. The van der Waals surface area contributed by atoms with Gasteiger partial charge in [0.05, 0.1) is 19.1 Å². The number of ether oxygens (including phenoxy) is 2. The molecular weight excluding hydrogens is 240 g/mol. The highest BCUT2D eigenvalue weighted by atomic mass is 16.5. The van der Waals surface area contributed by atoms with E-state index in [-0.39, 0.29) is 11.9 Å². The van der Waals surface area contributed by atoms with Crippen LogP contribution in [0.1, 0.15) is 37.7 Å². The zero-order chi connectivity index (χ0) is 13.3. The van der Waals surface area contributed by atoms with Gasteiger partial charge in [-0.05, 0) is 37.7 Å². The molecule has 0 radical (unpaired) electrons. The summed E-state index contributed by atoms with van der Waals surface area (Å²) in [6, 6.07) is 10.2. The van der Waals surface area contributed by atoms with Crippen molar-refractivity contribution in [3.8, 4) is 0 Å². The van der Waals surface area contributed by atoms with Gasteiger partial charge in [-0.3, -0.25) is 4.79 Å². The maximum absolute atomic E-state index is 11.3. The first-order valence-corrected chi connectivity index (χ1v) is 7.14. The number of carbonyl (C=O) groups is 1. The van der Waals surface area contributed by atoms with E-state index >= 15 is 0 Å². The Morgan fingerprint density at radius 1 is 1.05 bits per heavy atom. The standard InChI is InChI=1S/C16H22O3/c17-16(15-9-10-15)19-12-6-2-5-11-18-13-14-7-3-1-4-8-14/h1,3-4,7-8,15H,2,5-6,9-13H2. The Morgan fingerprint density at radius 2 is 1.79 bits per heavy atom. The van der Waals surface area contributed by atoms with Crippen LogP contribution < -0.4 is 0 Å². The number of esters is 1. The van der Waals surface area contributed by atoms with Crippen LogP contribution in [0.4, 0.5) is 0 Å². The Kier molecular flexibility index (Phi) is 5.89. The zero-order valence-corrected chi connectivity index (χ0v) is 11.3. The molecule has 0 unspecified atom stereocenters. The van der Waals surface area contributed by atoms with Crippen LogP contribution in [0, 0.1) is 5.92 Å². The predicted octanol–water partition coefficient (Wildman–Crippen LogP) is 3.33. The summed E-state index contributed by atoms with van der Waals surface area (Å²) in [4.78, 5) is 11.3. The summed E-state index contributed by atoms with van der Waals surface area (Å²) in [7, 11) is 0. The molecule has 1 aromatic rings. The Morgan fingerprint density at radius 3 is 2.53 bits per heavy atom. The first-order chi connectivity index (χ1) is 9.36. The molecule has 3 heteroatoms. The largest absolute Gasteiger partial charge is 0.465 e. The summed E-state index contributed by atoms with van der Waals surface area (Å²) in [6.07, 6.45) is 5.05. The average Bonchev–Trinajstić information content (AvgIpc) is 3.27. The van der Waals surface area contributed by atoms with Gasteiger partial charge in [0.25, 0.3) is 0 Å². The van der Waals surface area contributed by atoms with Crippen molar-refractivity contribution in [1.82, 2.24) is 0 Å². The van der Waals surface area contributed by atoms with Crippen LogP contribution in [0.3, 0.4) is 0 Å². The molecule has 1 aliphatic rings. The van der Waals surface area contributed by atoms with Crippen LogP contribution >= 0.6 is 0 Å². The normalized spacial score (nSPS) is 14.3. The lowest BCUT2D eigenvalue weighted by atomic mass is 10.2. The fourth-order valence-corrected chi connectivity index (χ4v) is 1.86. The topological polar surface area (TPSA) is 35.5 Å². The molecule has 0 aromatic heterocycles. The quantitative estimate of drug-likeness (QED) is 0.506. The summed E-state index contributed by atoms with van der Waals surface area (Å²) in [6.45, 7) is 2.01. The van der Waals surface area contributed by atoms with Crippen molar-refractivity contribution >= 4 is 5.97 Å². The minimum absolute atomic E-state index is 0.000303. The van der Waals surface area contributed by atoms with Crippen molar-refractivity contribution in [3.05, 3.63) is 35.9 Å². The minimum Gasteiger partial charge on any atom is -0.465 e. The summed E-state index contributed by atoms with van der Waals surface area (Å²) < 4.78 is 10.7. The average molecular weight is 262 g/mol. The van der Waals surface area contributed by atoms with Gasteiger partial charge in [-0.1, -0.05) is 30.3 Å². The van der Waals surface area contributed by atoms with Crippen LogP contribution in [0.15, 0.2) is 30.3 Å². The maximum Gasteiger partial charge on any atom is 0.308 e. The molecule has 1 saturated carbocycles. The predicted molar refractivity (Wildman–Crippen MR) is 73.6 cm³/mol. The molecule has 0 amide bonds. The Labute approximate surface area is 114 Å². The van der Waals surface area contributed by atoms with Gasteiger partial charge in [-0.25, -0.2) is 0 Å². The highest BCUT2D eigenvalue weighted by Crippen LogP contribution is 2.30. The van der Waals surface area contributed by atoms with Crippen molar-refractivity contribution in [2.24, 2.45) is 5.92 Å². The molecule has 3 nitrogen and oxygen atoms in total. The van der Waals surface area contributed by atoms with Crippen molar-refractivity contribution in [1.29, 1.82) is 0 Å². The van der Waals surface area contributed by atoms with Gasteiger partial charge in [0.1, 0.15) is 0 Å². The van der Waals surface area contributed by atoms with Gasteiger partial charge in [0.2, 0.25) is 0 Å². The van der Waals surface area contributed by atoms with Gasteiger partial charge in [0.15, 0.2) is 0 Å². The third-order valence-corrected chi connectivity index (χ3v) is 3.20. The number of unbranched alkanes of at least 4 members (excludes halogenated alkanes) is 2. The molecule has 104 valence electrons. The Hall–Kier alpha value is -1.35. The smallest absolute Gasteiger partial charge is 0.308 e. The lowest BCUT2D eigenvalue weighted by Gasteiger charge is -2.05. The van der Waals surface area contributed by atoms with Crippen LogP contribution in [0.2, 0.25) is 0 Å². The van der Waals surface area contributed by atoms with Gasteiger partial charge in [-0.15, -0.1) is 0 Å². The molecular formula is C16H22O3. The van der Waals surface area contributed by atoms with E-state index < -0.39 is 0 Å². The minimum atomic E-state index is 0.000303. The molecule has 19 heavy (non-hydrogen) atoms. The Balaban J connectivity index is 1.39. The van der Waals surface area contributed by atoms with Gasteiger partial charge in [-0.2, -0.15) is 0 Å². The second-order valence-electron chi connectivity index (χ2n) is 5.04. The first-order valence-electron chi connectivity index (χ1n) is 7.14. The molecule has 0 aliphatic heterocycles. The monoisotopic (exact) mass is 262 g/mol. The summed E-state index contributed by atoms with van der Waals surface area (Å²) >= 11 is 0. The van der Waals surface area contributed by atoms with Crippen molar-refractivity contribution < 1.29 is 14.3 Å². The molecule has 0 N–H and O–H groups in total. The van der Waals surface area contributed by atoms with E-state index in [0.29, 0.717) is 13.2 Å². The van der Waals surface area contributed by atoms with Crippen molar-refractivity contribution in [2.45, 2.75) is 38.7 Å². The fourth-order valence-electron chi connectivity index (χ4n) is 1.86. The molecule has 1 aliphatic carbocycles. The molecule has 0 atom stereocenters. The maximum atomic E-state index is 11.3. The molecule has 0 heterocycles. The third kappa shape index (κ3) is 5.88. The molecule has 2 rings (SSSR count). The van der Waals surface area contributed by atoms with Crippen LogP contribution in [0.5, 0.6) is 0 Å². The highest BCUT2D eigenvalue weighted by Gasteiger charge is 2.30. The second kappa shape index (κ2) is 7.95. The van der Waals surface area contributed by atoms with Crippen LogP contribution in [-0.4, -0.2) is 19.2 Å². The SMILES string of the molecule is O=C(OCCCCCOCc1ccccc1)C1CC1. The lowest BCUT2D eigenvalue weighted by Crippen LogP contribution is -2.07. The molecule has 0 bridgehead atoms. The summed E-state index contributed by atoms with van der Waals surface area (Å²) in [5, 5.41) is 0. The molecule has 1 fully saturated rings.